The summed E-state index contributed by atoms with van der Waals surface area (Å²) in [6, 6.07) is 0.261. The fourth-order valence-corrected chi connectivity index (χ4v) is 2.28. The Morgan fingerprint density at radius 3 is 2.59 bits per heavy atom. The van der Waals surface area contributed by atoms with E-state index in [4.69, 9.17) is 5.73 Å². The van der Waals surface area contributed by atoms with E-state index in [-0.39, 0.29) is 6.04 Å². The minimum absolute atomic E-state index is 0.261. The van der Waals surface area contributed by atoms with Crippen molar-refractivity contribution in [3.05, 3.63) is 47.7 Å². The van der Waals surface area contributed by atoms with Crippen molar-refractivity contribution in [1.82, 2.24) is 9.66 Å². The summed E-state index contributed by atoms with van der Waals surface area (Å²) >= 11 is 0. The average Bonchev–Trinajstić information content (AvgIpc) is 2.84. The van der Waals surface area contributed by atoms with E-state index in [1.165, 1.54) is 0 Å². The lowest BCUT2D eigenvalue weighted by atomic mass is 10.1. The van der Waals surface area contributed by atoms with Crippen LogP contribution < -0.4 is 11.2 Å². The molecule has 1 rings (SSSR count). The minimum atomic E-state index is 0.261. The third-order valence-electron chi connectivity index (χ3n) is 3.15. The van der Waals surface area contributed by atoms with Crippen LogP contribution >= 0.6 is 0 Å². The van der Waals surface area contributed by atoms with Gasteiger partial charge in [-0.1, -0.05) is 25.7 Å². The number of nitrogens with two attached hydrogens (primary N) is 1. The second-order valence-corrected chi connectivity index (χ2v) is 5.16. The van der Waals surface area contributed by atoms with Gasteiger partial charge in [-0.2, -0.15) is 0 Å². The van der Waals surface area contributed by atoms with Gasteiger partial charge in [0.2, 0.25) is 0 Å². The van der Waals surface area contributed by atoms with Gasteiger partial charge in [-0.3, -0.25) is 4.99 Å². The first-order valence-electron chi connectivity index (χ1n) is 7.57. The molecule has 0 aliphatic rings. The minimum Gasteiger partial charge on any atom is -0.325 e. The highest BCUT2D eigenvalue weighted by molar-refractivity contribution is 5.78. The van der Waals surface area contributed by atoms with Gasteiger partial charge < -0.3 is 11.2 Å². The molecule has 5 nitrogen and oxygen atoms in total. The van der Waals surface area contributed by atoms with Gasteiger partial charge in [-0.25, -0.2) is 9.66 Å². The van der Waals surface area contributed by atoms with E-state index in [1.807, 2.05) is 23.8 Å². The van der Waals surface area contributed by atoms with Gasteiger partial charge >= 0.3 is 0 Å². The van der Waals surface area contributed by atoms with Crippen molar-refractivity contribution in [3.63, 3.8) is 0 Å². The zero-order chi connectivity index (χ0) is 16.7. The van der Waals surface area contributed by atoms with Crippen LogP contribution in [0.15, 0.2) is 35.5 Å². The largest absolute Gasteiger partial charge is 0.325 e. The van der Waals surface area contributed by atoms with Crippen LogP contribution in [0.3, 0.4) is 0 Å². The molecule has 0 fully saturated rings. The predicted octanol–water partition coefficient (Wildman–Crippen LogP) is 3.03. The average molecular weight is 301 g/mol. The van der Waals surface area contributed by atoms with E-state index in [1.54, 1.807) is 6.08 Å². The lowest BCUT2D eigenvalue weighted by Gasteiger charge is -2.18. The normalized spacial score (nSPS) is 12.6. The highest BCUT2D eigenvalue weighted by atomic mass is 15.5. The van der Waals surface area contributed by atoms with Crippen LogP contribution in [0, 0.1) is 0 Å². The number of aryl methyl sites for hydroxylation is 1. The number of aromatic nitrogens is 2. The summed E-state index contributed by atoms with van der Waals surface area (Å²) in [6.07, 6.45) is 6.41. The van der Waals surface area contributed by atoms with Crippen molar-refractivity contribution < 1.29 is 0 Å². The molecule has 0 radical (unpaired) electrons. The van der Waals surface area contributed by atoms with Crippen LogP contribution in [0.1, 0.15) is 44.9 Å². The quantitative estimate of drug-likeness (QED) is 0.573. The number of hydrogen-bond donors (Lipinski definition) is 2. The van der Waals surface area contributed by atoms with Crippen LogP contribution in [0.25, 0.3) is 5.57 Å². The Hall–Kier alpha value is -2.14. The first-order chi connectivity index (χ1) is 10.5. The topological polar surface area (TPSA) is 68.2 Å². The molecule has 22 heavy (non-hydrogen) atoms. The second-order valence-electron chi connectivity index (χ2n) is 5.16. The van der Waals surface area contributed by atoms with Crippen LogP contribution in [0.4, 0.5) is 0 Å². The molecule has 1 aromatic heterocycles. The lowest BCUT2D eigenvalue weighted by molar-refractivity contribution is 0.695. The summed E-state index contributed by atoms with van der Waals surface area (Å²) in [7, 11) is 0. The summed E-state index contributed by atoms with van der Waals surface area (Å²) in [5.41, 5.74) is 12.7. The molecular weight excluding hydrogens is 274 g/mol. The Balaban J connectivity index is 3.70. The van der Waals surface area contributed by atoms with Crippen LogP contribution in [0.2, 0.25) is 0 Å². The summed E-state index contributed by atoms with van der Waals surface area (Å²) in [5, 5.41) is 0. The monoisotopic (exact) mass is 301 g/mol. The maximum absolute atomic E-state index is 5.90. The van der Waals surface area contributed by atoms with Crippen LogP contribution in [-0.4, -0.2) is 22.4 Å². The molecule has 0 aliphatic heterocycles. The van der Waals surface area contributed by atoms with Gasteiger partial charge in [0.15, 0.2) is 0 Å². The Kier molecular flexibility index (Phi) is 6.79. The number of imidazole rings is 1. The molecule has 0 spiro atoms. The maximum Gasteiger partial charge on any atom is 0.128 e. The van der Waals surface area contributed by atoms with Crippen molar-refractivity contribution in [2.75, 3.05) is 5.43 Å². The molecule has 3 N–H and O–H groups in total. The van der Waals surface area contributed by atoms with Gasteiger partial charge in [-0.05, 0) is 33.6 Å². The van der Waals surface area contributed by atoms with Crippen molar-refractivity contribution >= 4 is 12.3 Å². The van der Waals surface area contributed by atoms with Crippen LogP contribution in [0.5, 0.6) is 0 Å². The van der Waals surface area contributed by atoms with E-state index in [2.05, 4.69) is 49.5 Å². The molecular formula is C17H27N5. The molecule has 0 saturated carbocycles. The molecule has 0 saturated heterocycles. The molecule has 1 heterocycles. The molecule has 1 aromatic rings. The molecule has 0 aliphatic carbocycles. The maximum atomic E-state index is 5.90. The summed E-state index contributed by atoms with van der Waals surface area (Å²) in [4.78, 5) is 8.77. The van der Waals surface area contributed by atoms with Gasteiger partial charge in [0.25, 0.3) is 0 Å². The SMILES string of the molecule is C=C/C(=C(\C=C/C)N=C)c1c(CN)nc(CC)n1NC(C)C. The third kappa shape index (κ3) is 3.74. The van der Waals surface area contributed by atoms with Crippen molar-refractivity contribution in [2.45, 2.75) is 46.7 Å². The molecule has 0 aromatic carbocycles. The number of nitrogens with zero attached hydrogens (tertiary/aromatic N) is 3. The fourth-order valence-electron chi connectivity index (χ4n) is 2.28. The summed E-state index contributed by atoms with van der Waals surface area (Å²) < 4.78 is 2.00. The molecule has 120 valence electrons. The number of nitrogens with one attached hydrogen (secondary N) is 1. The smallest absolute Gasteiger partial charge is 0.128 e. The predicted molar refractivity (Wildman–Crippen MR) is 95.5 cm³/mol. The van der Waals surface area contributed by atoms with Gasteiger partial charge in [-0.15, -0.1) is 0 Å². The van der Waals surface area contributed by atoms with E-state index >= 15 is 0 Å². The summed E-state index contributed by atoms with van der Waals surface area (Å²) in [6.45, 7) is 16.1. The Morgan fingerprint density at radius 2 is 2.18 bits per heavy atom. The van der Waals surface area contributed by atoms with E-state index in [0.29, 0.717) is 6.54 Å². The van der Waals surface area contributed by atoms with Gasteiger partial charge in [0.05, 0.1) is 17.1 Å². The molecule has 0 bridgehead atoms. The lowest BCUT2D eigenvalue weighted by Crippen LogP contribution is -2.26. The highest BCUT2D eigenvalue weighted by Crippen LogP contribution is 2.26. The number of rotatable bonds is 8. The second kappa shape index (κ2) is 8.34. The Labute approximate surface area is 133 Å². The molecule has 0 amide bonds. The van der Waals surface area contributed by atoms with E-state index in [0.717, 1.165) is 34.9 Å². The first kappa shape index (κ1) is 17.9. The van der Waals surface area contributed by atoms with Gasteiger partial charge in [0, 0.05) is 24.6 Å². The van der Waals surface area contributed by atoms with Crippen LogP contribution in [-0.2, 0) is 13.0 Å². The molecule has 0 atom stereocenters. The zero-order valence-corrected chi connectivity index (χ0v) is 14.1. The Bertz CT molecular complexity index is 590. The van der Waals surface area contributed by atoms with Crippen molar-refractivity contribution in [3.8, 4) is 0 Å². The zero-order valence-electron chi connectivity index (χ0n) is 14.1. The number of aliphatic imine (C=N–C) groups is 1. The first-order valence-corrected chi connectivity index (χ1v) is 7.57. The standard InChI is InChI=1S/C17H27N5/c1-7-10-14(19-6)13(8-2)17-15(11-18)20-16(9-3)22(17)21-12(4)5/h7-8,10,12,21H,2,6,9,11,18H2,1,3-5H3/b10-7-,14-13-. The number of hydrogen-bond acceptors (Lipinski definition) is 4. The van der Waals surface area contributed by atoms with Gasteiger partial charge in [0.1, 0.15) is 5.82 Å². The van der Waals surface area contributed by atoms with E-state index < -0.39 is 0 Å². The summed E-state index contributed by atoms with van der Waals surface area (Å²) in [5.74, 6) is 0.937. The van der Waals surface area contributed by atoms with E-state index in [9.17, 15) is 0 Å². The van der Waals surface area contributed by atoms with Crippen molar-refractivity contribution in [2.24, 2.45) is 10.7 Å². The number of allylic oxidation sites excluding steroid dienone is 4. The fraction of sp³-hybridized carbons (Fsp3) is 0.412. The Morgan fingerprint density at radius 1 is 1.50 bits per heavy atom. The molecule has 0 unspecified atom stereocenters. The van der Waals surface area contributed by atoms with Crippen molar-refractivity contribution in [1.29, 1.82) is 0 Å². The highest BCUT2D eigenvalue weighted by Gasteiger charge is 2.19. The third-order valence-corrected chi connectivity index (χ3v) is 3.15. The molecule has 5 heteroatoms.